The molecule has 6 nitrogen and oxygen atoms in total. The van der Waals surface area contributed by atoms with E-state index in [1.54, 1.807) is 36.7 Å². The van der Waals surface area contributed by atoms with Crippen molar-refractivity contribution in [3.63, 3.8) is 0 Å². The second-order valence-corrected chi connectivity index (χ2v) is 7.10. The van der Waals surface area contributed by atoms with E-state index in [0.29, 0.717) is 42.7 Å². The molecule has 142 valence electrons. The Hall–Kier alpha value is -2.60. The fraction of sp³-hybridized carbons (Fsp3) is 0.350. The quantitative estimate of drug-likeness (QED) is 0.829. The number of urea groups is 1. The summed E-state index contributed by atoms with van der Waals surface area (Å²) in [6.07, 6.45) is 5.01. The Morgan fingerprint density at radius 3 is 2.52 bits per heavy atom. The van der Waals surface area contributed by atoms with Crippen LogP contribution in [-0.4, -0.2) is 41.5 Å². The number of hydrogen-bond donors (Lipinski definition) is 2. The highest BCUT2D eigenvalue weighted by Gasteiger charge is 2.23. The first-order valence-corrected chi connectivity index (χ1v) is 9.45. The molecule has 1 fully saturated rings. The molecule has 2 heterocycles. The van der Waals surface area contributed by atoms with Crippen molar-refractivity contribution in [1.29, 1.82) is 0 Å². The van der Waals surface area contributed by atoms with E-state index in [1.165, 1.54) is 0 Å². The molecular weight excluding hydrogens is 364 g/mol. The largest absolute Gasteiger partial charge is 0.339 e. The molecule has 1 aliphatic rings. The van der Waals surface area contributed by atoms with Gasteiger partial charge in [0.05, 0.1) is 5.56 Å². The van der Waals surface area contributed by atoms with Crippen molar-refractivity contribution < 1.29 is 9.59 Å². The van der Waals surface area contributed by atoms with Crippen molar-refractivity contribution in [3.05, 3.63) is 64.9 Å². The van der Waals surface area contributed by atoms with Gasteiger partial charge >= 0.3 is 6.03 Å². The van der Waals surface area contributed by atoms with Gasteiger partial charge in [0, 0.05) is 43.6 Å². The van der Waals surface area contributed by atoms with Gasteiger partial charge in [-0.1, -0.05) is 23.7 Å². The second kappa shape index (κ2) is 9.37. The molecule has 1 aromatic carbocycles. The molecule has 1 aromatic heterocycles. The molecule has 0 radical (unpaired) electrons. The zero-order valence-electron chi connectivity index (χ0n) is 15.0. The summed E-state index contributed by atoms with van der Waals surface area (Å²) in [5.74, 6) is 0.402. The third-order valence-electron chi connectivity index (χ3n) is 4.73. The van der Waals surface area contributed by atoms with Crippen molar-refractivity contribution in [2.75, 3.05) is 19.6 Å². The van der Waals surface area contributed by atoms with Crippen LogP contribution in [0.3, 0.4) is 0 Å². The molecule has 0 saturated carbocycles. The zero-order chi connectivity index (χ0) is 19.1. The average Bonchev–Trinajstić information content (AvgIpc) is 2.72. The summed E-state index contributed by atoms with van der Waals surface area (Å²) in [6, 6.07) is 10.8. The monoisotopic (exact) mass is 386 g/mol. The van der Waals surface area contributed by atoms with E-state index >= 15 is 0 Å². The van der Waals surface area contributed by atoms with Gasteiger partial charge in [-0.2, -0.15) is 0 Å². The minimum atomic E-state index is -0.182. The predicted molar refractivity (Wildman–Crippen MR) is 105 cm³/mol. The van der Waals surface area contributed by atoms with E-state index in [2.05, 4.69) is 15.6 Å². The van der Waals surface area contributed by atoms with Gasteiger partial charge in [0.25, 0.3) is 5.91 Å². The Bertz CT molecular complexity index is 759. The summed E-state index contributed by atoms with van der Waals surface area (Å²) in [5, 5.41) is 6.44. The highest BCUT2D eigenvalue weighted by atomic mass is 35.5. The summed E-state index contributed by atoms with van der Waals surface area (Å²) in [4.78, 5) is 30.2. The number of carbonyl (C=O) groups excluding carboxylic acids is 2. The van der Waals surface area contributed by atoms with E-state index in [1.807, 2.05) is 17.0 Å². The third-order valence-corrected chi connectivity index (χ3v) is 4.98. The van der Waals surface area contributed by atoms with Crippen molar-refractivity contribution >= 4 is 23.5 Å². The summed E-state index contributed by atoms with van der Waals surface area (Å²) in [7, 11) is 0. The van der Waals surface area contributed by atoms with Crippen molar-refractivity contribution in [3.8, 4) is 0 Å². The first-order chi connectivity index (χ1) is 13.1. The molecule has 3 amide bonds. The molecule has 2 N–H and O–H groups in total. The SMILES string of the molecule is O=C(NCc1ccc(Cl)cc1)NCC1CCN(C(=O)c2cccnc2)CC1. The molecule has 0 spiro atoms. The number of hydrogen-bond acceptors (Lipinski definition) is 3. The highest BCUT2D eigenvalue weighted by molar-refractivity contribution is 6.30. The Balaban J connectivity index is 1.36. The summed E-state index contributed by atoms with van der Waals surface area (Å²) in [6.45, 7) is 2.47. The van der Waals surface area contributed by atoms with E-state index in [0.717, 1.165) is 18.4 Å². The van der Waals surface area contributed by atoms with E-state index in [9.17, 15) is 9.59 Å². The van der Waals surface area contributed by atoms with Crippen molar-refractivity contribution in [1.82, 2.24) is 20.5 Å². The first-order valence-electron chi connectivity index (χ1n) is 9.07. The number of benzene rings is 1. The Labute approximate surface area is 163 Å². The predicted octanol–water partition coefficient (Wildman–Crippen LogP) is 3.09. The van der Waals surface area contributed by atoms with Crippen LogP contribution in [0.15, 0.2) is 48.8 Å². The molecule has 0 unspecified atom stereocenters. The van der Waals surface area contributed by atoms with Gasteiger partial charge in [0.1, 0.15) is 0 Å². The number of carbonyl (C=O) groups is 2. The maximum absolute atomic E-state index is 12.4. The maximum Gasteiger partial charge on any atom is 0.315 e. The van der Waals surface area contributed by atoms with Crippen LogP contribution < -0.4 is 10.6 Å². The molecule has 0 aliphatic carbocycles. The van der Waals surface area contributed by atoms with Crippen LogP contribution in [0.25, 0.3) is 0 Å². The topological polar surface area (TPSA) is 74.3 Å². The highest BCUT2D eigenvalue weighted by Crippen LogP contribution is 2.18. The summed E-state index contributed by atoms with van der Waals surface area (Å²) in [5.41, 5.74) is 1.62. The molecule has 7 heteroatoms. The summed E-state index contributed by atoms with van der Waals surface area (Å²) >= 11 is 5.85. The number of halogens is 1. The molecular formula is C20H23ClN4O2. The number of piperidine rings is 1. The lowest BCUT2D eigenvalue weighted by molar-refractivity contribution is 0.0690. The number of nitrogens with one attached hydrogen (secondary N) is 2. The van der Waals surface area contributed by atoms with Gasteiger partial charge in [0.15, 0.2) is 0 Å². The van der Waals surface area contributed by atoms with Crippen LogP contribution in [0.1, 0.15) is 28.8 Å². The van der Waals surface area contributed by atoms with Gasteiger partial charge in [-0.05, 0) is 48.6 Å². The van der Waals surface area contributed by atoms with Crippen LogP contribution in [0.4, 0.5) is 4.79 Å². The van der Waals surface area contributed by atoms with Gasteiger partial charge in [-0.3, -0.25) is 9.78 Å². The fourth-order valence-electron chi connectivity index (χ4n) is 3.10. The summed E-state index contributed by atoms with van der Waals surface area (Å²) < 4.78 is 0. The Morgan fingerprint density at radius 2 is 1.85 bits per heavy atom. The van der Waals surface area contributed by atoms with Gasteiger partial charge < -0.3 is 15.5 Å². The maximum atomic E-state index is 12.4. The Kier molecular flexibility index (Phi) is 6.65. The van der Waals surface area contributed by atoms with E-state index < -0.39 is 0 Å². The molecule has 1 saturated heterocycles. The molecule has 3 rings (SSSR count). The molecule has 1 aliphatic heterocycles. The van der Waals surface area contributed by atoms with E-state index in [-0.39, 0.29) is 11.9 Å². The minimum absolute atomic E-state index is 0.0233. The van der Waals surface area contributed by atoms with Crippen LogP contribution in [-0.2, 0) is 6.54 Å². The number of pyridine rings is 1. The number of rotatable bonds is 5. The normalized spacial score (nSPS) is 14.6. The smallest absolute Gasteiger partial charge is 0.315 e. The number of nitrogens with zero attached hydrogens (tertiary/aromatic N) is 2. The van der Waals surface area contributed by atoms with Gasteiger partial charge in [0.2, 0.25) is 0 Å². The number of likely N-dealkylation sites (tertiary alicyclic amines) is 1. The van der Waals surface area contributed by atoms with Gasteiger partial charge in [-0.15, -0.1) is 0 Å². The lowest BCUT2D eigenvalue weighted by atomic mass is 9.96. The Morgan fingerprint density at radius 1 is 1.11 bits per heavy atom. The fourth-order valence-corrected chi connectivity index (χ4v) is 3.22. The molecule has 27 heavy (non-hydrogen) atoms. The number of amides is 3. The van der Waals surface area contributed by atoms with Crippen molar-refractivity contribution in [2.24, 2.45) is 5.92 Å². The van der Waals surface area contributed by atoms with Crippen LogP contribution in [0.2, 0.25) is 5.02 Å². The van der Waals surface area contributed by atoms with Crippen LogP contribution in [0.5, 0.6) is 0 Å². The molecule has 0 atom stereocenters. The van der Waals surface area contributed by atoms with Crippen LogP contribution >= 0.6 is 11.6 Å². The lowest BCUT2D eigenvalue weighted by Gasteiger charge is -2.32. The third kappa shape index (κ3) is 5.69. The lowest BCUT2D eigenvalue weighted by Crippen LogP contribution is -2.43. The van der Waals surface area contributed by atoms with Crippen LogP contribution in [0, 0.1) is 5.92 Å². The number of aromatic nitrogens is 1. The average molecular weight is 387 g/mol. The van der Waals surface area contributed by atoms with E-state index in [4.69, 9.17) is 11.6 Å². The zero-order valence-corrected chi connectivity index (χ0v) is 15.8. The first kappa shape index (κ1) is 19.2. The minimum Gasteiger partial charge on any atom is -0.339 e. The van der Waals surface area contributed by atoms with Gasteiger partial charge in [-0.25, -0.2) is 4.79 Å². The molecule has 2 aromatic rings. The molecule has 0 bridgehead atoms. The standard InChI is InChI=1S/C20H23ClN4O2/c21-18-5-3-15(4-6-18)12-23-20(27)24-13-16-7-10-25(11-8-16)19(26)17-2-1-9-22-14-17/h1-6,9,14,16H,7-8,10-13H2,(H2,23,24,27). The van der Waals surface area contributed by atoms with Crippen molar-refractivity contribution in [2.45, 2.75) is 19.4 Å². The second-order valence-electron chi connectivity index (χ2n) is 6.67.